The number of nitrogens with zero attached hydrogens (tertiary/aromatic N) is 3. The minimum absolute atomic E-state index is 0.0742. The summed E-state index contributed by atoms with van der Waals surface area (Å²) in [7, 11) is 1.45. The lowest BCUT2D eigenvalue weighted by Gasteiger charge is -2.36. The zero-order chi connectivity index (χ0) is 43.8. The number of hydrazone groups is 1. The maximum Gasteiger partial charge on any atom is 0.312 e. The van der Waals surface area contributed by atoms with Crippen LogP contribution in [0.4, 0.5) is 5.69 Å². The molecule has 2 fully saturated rings. The van der Waals surface area contributed by atoms with Crippen LogP contribution in [0, 0.1) is 30.6 Å². The number of hydrogen-bond acceptors (Lipinski definition) is 14. The summed E-state index contributed by atoms with van der Waals surface area (Å²) in [5, 5.41) is 78.4. The van der Waals surface area contributed by atoms with Crippen molar-refractivity contribution in [3.05, 3.63) is 52.8 Å². The Morgan fingerprint density at radius 3 is 2.15 bits per heavy atom. The Balaban J connectivity index is 1.46. The number of methoxy groups -OCH3 is 1. The number of rotatable bonds is 4. The van der Waals surface area contributed by atoms with E-state index in [9.17, 15) is 40.2 Å². The molecule has 4 aliphatic heterocycles. The van der Waals surface area contributed by atoms with E-state index in [1.54, 1.807) is 46.8 Å². The Hall–Kier alpha value is -4.67. The Labute approximate surface area is 351 Å². The van der Waals surface area contributed by atoms with Crippen molar-refractivity contribution >= 4 is 34.4 Å². The fraction of sp³-hybridized carbons (Fsp3) is 0.578. The fourth-order valence-electron chi connectivity index (χ4n) is 9.08. The number of fused-ring (bicyclic) bond motifs is 14. The summed E-state index contributed by atoms with van der Waals surface area (Å²) in [6.07, 6.45) is 9.71. The number of anilines is 1. The number of aliphatic hydroxyl groups is 3. The van der Waals surface area contributed by atoms with E-state index in [-0.39, 0.29) is 44.5 Å². The first kappa shape index (κ1) is 44.9. The van der Waals surface area contributed by atoms with Crippen molar-refractivity contribution in [2.24, 2.45) is 28.8 Å². The molecule has 1 unspecified atom stereocenters. The van der Waals surface area contributed by atoms with Gasteiger partial charge in [-0.15, -0.1) is 0 Å². The molecule has 328 valence electrons. The van der Waals surface area contributed by atoms with E-state index >= 15 is 0 Å². The third-order valence-electron chi connectivity index (χ3n) is 13.3. The molecule has 7 rings (SSSR count). The molecular formula is C45H62N4O11. The number of ether oxygens (including phenoxy) is 3. The second-order valence-corrected chi connectivity index (χ2v) is 17.2. The van der Waals surface area contributed by atoms with Crippen LogP contribution >= 0.6 is 0 Å². The van der Waals surface area contributed by atoms with Gasteiger partial charge in [0.1, 0.15) is 17.2 Å². The van der Waals surface area contributed by atoms with E-state index in [0.29, 0.717) is 19.1 Å². The maximum absolute atomic E-state index is 14.4. The number of ketones is 1. The second-order valence-electron chi connectivity index (χ2n) is 17.2. The van der Waals surface area contributed by atoms with Gasteiger partial charge in [0, 0.05) is 86.4 Å². The highest BCUT2D eigenvalue weighted by atomic mass is 16.7. The number of nitrogens with one attached hydrogen (secondary N) is 1. The lowest BCUT2D eigenvalue weighted by atomic mass is 9.78. The number of aromatic hydroxyl groups is 3. The zero-order valence-corrected chi connectivity index (χ0v) is 35.9. The Morgan fingerprint density at radius 2 is 1.50 bits per heavy atom. The molecule has 0 spiro atoms. The molecule has 15 heteroatoms. The van der Waals surface area contributed by atoms with E-state index in [4.69, 9.17) is 14.2 Å². The van der Waals surface area contributed by atoms with Crippen molar-refractivity contribution < 1.29 is 54.4 Å². The monoisotopic (exact) mass is 834 g/mol. The first-order chi connectivity index (χ1) is 28.4. The van der Waals surface area contributed by atoms with E-state index in [0.717, 1.165) is 13.1 Å². The van der Waals surface area contributed by atoms with Crippen LogP contribution in [0.5, 0.6) is 23.0 Å². The average Bonchev–Trinajstić information content (AvgIpc) is 3.87. The molecule has 0 aromatic heterocycles. The number of hydrogen-bond donors (Lipinski definition) is 7. The second kappa shape index (κ2) is 18.1. The lowest BCUT2D eigenvalue weighted by molar-refractivity contribution is -0.112. The van der Waals surface area contributed by atoms with Crippen molar-refractivity contribution in [3.63, 3.8) is 0 Å². The van der Waals surface area contributed by atoms with Crippen LogP contribution in [-0.4, -0.2) is 128 Å². The third kappa shape index (κ3) is 8.47. The van der Waals surface area contributed by atoms with Crippen LogP contribution < -0.4 is 10.1 Å². The van der Waals surface area contributed by atoms with Crippen molar-refractivity contribution in [2.75, 3.05) is 38.6 Å². The largest absolute Gasteiger partial charge is 0.507 e. The van der Waals surface area contributed by atoms with Crippen LogP contribution in [0.2, 0.25) is 0 Å². The van der Waals surface area contributed by atoms with Gasteiger partial charge in [0.05, 0.1) is 59.1 Å². The SMILES string of the molecule is CO[C@H]1/C=C/O[C@@]2(C)Oc3c(C)c(O)c4c(O)c(c(/C=N/N5CCN(C6CCCC6)CC5)c(O)c4c3C2=O)NC(=O)/C(C)=C\C=C\[C@H](C)[C@H](O)[C@@H](C)[C@@H](O)[C@@H](C)C(O)[C@@H]1C. The molecule has 7 N–H and O–H groups in total. The summed E-state index contributed by atoms with van der Waals surface area (Å²) in [4.78, 5) is 30.7. The molecular weight excluding hydrogens is 773 g/mol. The Bertz CT molecular complexity index is 2070. The highest BCUT2D eigenvalue weighted by molar-refractivity contribution is 6.23. The number of aliphatic hydroxyl groups excluding tert-OH is 3. The van der Waals surface area contributed by atoms with Crippen molar-refractivity contribution in [1.29, 1.82) is 0 Å². The Kier molecular flexibility index (Phi) is 13.6. The number of carbonyl (C=O) groups is 2. The molecule has 0 radical (unpaired) electrons. The van der Waals surface area contributed by atoms with Crippen LogP contribution in [0.25, 0.3) is 10.8 Å². The summed E-state index contributed by atoms with van der Waals surface area (Å²) in [6.45, 7) is 14.1. The highest BCUT2D eigenvalue weighted by Crippen LogP contribution is 2.55. The highest BCUT2D eigenvalue weighted by Gasteiger charge is 2.50. The minimum Gasteiger partial charge on any atom is -0.507 e. The van der Waals surface area contributed by atoms with Gasteiger partial charge in [-0.05, 0) is 32.8 Å². The van der Waals surface area contributed by atoms with Gasteiger partial charge in [0.25, 0.3) is 11.7 Å². The van der Waals surface area contributed by atoms with Crippen molar-refractivity contribution in [1.82, 2.24) is 9.91 Å². The minimum atomic E-state index is -2.01. The van der Waals surface area contributed by atoms with E-state index in [1.165, 1.54) is 71.3 Å². The van der Waals surface area contributed by atoms with Crippen molar-refractivity contribution in [2.45, 2.75) is 110 Å². The first-order valence-corrected chi connectivity index (χ1v) is 21.0. The summed E-state index contributed by atoms with van der Waals surface area (Å²) in [5.41, 5.74) is -0.233. The van der Waals surface area contributed by atoms with Crippen LogP contribution in [0.3, 0.4) is 0 Å². The molecule has 1 saturated carbocycles. The van der Waals surface area contributed by atoms with Gasteiger partial charge in [0.2, 0.25) is 0 Å². The predicted molar refractivity (Wildman–Crippen MR) is 227 cm³/mol. The number of piperazine rings is 1. The van der Waals surface area contributed by atoms with Crippen LogP contribution in [0.1, 0.15) is 88.7 Å². The van der Waals surface area contributed by atoms with Gasteiger partial charge in [0.15, 0.2) is 5.75 Å². The van der Waals surface area contributed by atoms with Gasteiger partial charge >= 0.3 is 5.79 Å². The number of allylic oxidation sites excluding steroid dienone is 2. The summed E-state index contributed by atoms with van der Waals surface area (Å²) >= 11 is 0. The number of Topliss-reactive ketones (excluding diaryl/α,β-unsaturated/α-hetero) is 1. The summed E-state index contributed by atoms with van der Waals surface area (Å²) in [5.74, 6) is -7.52. The number of carbonyl (C=O) groups excluding carboxylic acids is 2. The van der Waals surface area contributed by atoms with E-state index in [2.05, 4.69) is 15.3 Å². The van der Waals surface area contributed by atoms with Crippen molar-refractivity contribution in [3.8, 4) is 23.0 Å². The topological polar surface area (TPSA) is 214 Å². The molecule has 5 aliphatic rings. The van der Waals surface area contributed by atoms with Gasteiger partial charge in [-0.25, -0.2) is 0 Å². The van der Waals surface area contributed by atoms with Gasteiger partial charge in [-0.3, -0.25) is 19.5 Å². The average molecular weight is 835 g/mol. The molecule has 1 aliphatic carbocycles. The molecule has 2 aromatic carbocycles. The number of benzene rings is 2. The molecule has 2 aromatic rings. The summed E-state index contributed by atoms with van der Waals surface area (Å²) < 4.78 is 17.8. The number of amides is 1. The molecule has 1 amide bonds. The molecule has 9 atom stereocenters. The Morgan fingerprint density at radius 1 is 0.867 bits per heavy atom. The van der Waals surface area contributed by atoms with Gasteiger partial charge in [-0.1, -0.05) is 58.8 Å². The normalized spacial score (nSPS) is 33.5. The van der Waals surface area contributed by atoms with Crippen LogP contribution in [0.15, 0.2) is 41.2 Å². The quantitative estimate of drug-likeness (QED) is 0.122. The standard InChI is InChI=1S/C45H62N4O11/c1-23-12-11-13-24(2)44(57)47-35-30(22-46-49-19-17-48(18-20-49)29-14-9-10-15-29)40(54)32-33(41(35)55)39(53)28(6)42-34(32)43(56)45(7,60-42)59-21-16-31(58-8)25(3)37(51)27(5)38(52)26(4)36(23)50/h11-13,16,21-23,25-27,29,31,36-38,50-55H,9-10,14-15,17-20H2,1-8H3,(H,47,57)/b12-11+,21-16+,24-13-,46-22+/t23-,25+,26+,27-,31-,36-,37?,38+,45-/m0/s1. The predicted octanol–water partition coefficient (Wildman–Crippen LogP) is 5.08. The van der Waals surface area contributed by atoms with E-state index < -0.39 is 82.8 Å². The molecule has 15 nitrogen and oxygen atoms in total. The molecule has 4 heterocycles. The smallest absolute Gasteiger partial charge is 0.312 e. The van der Waals surface area contributed by atoms with Crippen LogP contribution in [-0.2, 0) is 14.3 Å². The van der Waals surface area contributed by atoms with Gasteiger partial charge in [-0.2, -0.15) is 5.10 Å². The molecule has 1 saturated heterocycles. The zero-order valence-electron chi connectivity index (χ0n) is 35.9. The fourth-order valence-corrected chi connectivity index (χ4v) is 9.08. The molecule has 60 heavy (non-hydrogen) atoms. The van der Waals surface area contributed by atoms with E-state index in [1.807, 2.05) is 5.01 Å². The third-order valence-corrected chi connectivity index (χ3v) is 13.3. The summed E-state index contributed by atoms with van der Waals surface area (Å²) in [6, 6.07) is 0.561. The number of phenolic OH excluding ortho intramolecular Hbond substituents is 3. The van der Waals surface area contributed by atoms with Gasteiger partial charge < -0.3 is 50.2 Å². The number of phenols is 3. The first-order valence-electron chi connectivity index (χ1n) is 21.0. The lowest BCUT2D eigenvalue weighted by Crippen LogP contribution is -2.47. The maximum atomic E-state index is 14.4. The molecule has 5 bridgehead atoms.